The number of fused-ring (bicyclic) bond motifs is 1. The lowest BCUT2D eigenvalue weighted by molar-refractivity contribution is 0.0633. The van der Waals surface area contributed by atoms with Gasteiger partial charge in [-0.25, -0.2) is 0 Å². The summed E-state index contributed by atoms with van der Waals surface area (Å²) in [6.07, 6.45) is 1.82. The van der Waals surface area contributed by atoms with E-state index in [0.717, 1.165) is 24.1 Å². The summed E-state index contributed by atoms with van der Waals surface area (Å²) in [5, 5.41) is 19.1. The van der Waals surface area contributed by atoms with E-state index >= 15 is 0 Å². The zero-order valence-electron chi connectivity index (χ0n) is 16.4. The van der Waals surface area contributed by atoms with Gasteiger partial charge >= 0.3 is 0 Å². The highest BCUT2D eigenvalue weighted by atomic mass is 32.2. The fourth-order valence-corrected chi connectivity index (χ4v) is 4.55. The van der Waals surface area contributed by atoms with Gasteiger partial charge in [0.15, 0.2) is 11.5 Å². The normalized spacial score (nSPS) is 20.7. The molecule has 158 valence electrons. The minimum Gasteiger partial charge on any atom is -0.504 e. The number of amidine groups is 1. The Kier molecular flexibility index (Phi) is 5.54. The molecule has 1 saturated heterocycles. The van der Waals surface area contributed by atoms with Crippen LogP contribution in [0.3, 0.4) is 0 Å². The monoisotopic (exact) mass is 428 g/mol. The summed E-state index contributed by atoms with van der Waals surface area (Å²) in [7, 11) is -0.600. The summed E-state index contributed by atoms with van der Waals surface area (Å²) in [5.74, 6) is 4.41. The number of piperidine rings is 1. The molecule has 4 rings (SSSR count). The molecule has 5 N–H and O–H groups in total. The Morgan fingerprint density at radius 3 is 2.97 bits per heavy atom. The molecule has 30 heavy (non-hydrogen) atoms. The second kappa shape index (κ2) is 8.27. The van der Waals surface area contributed by atoms with Crippen LogP contribution in [0, 0.1) is 5.92 Å². The van der Waals surface area contributed by atoms with E-state index in [1.165, 1.54) is 18.2 Å². The van der Waals surface area contributed by atoms with Crippen molar-refractivity contribution in [3.63, 3.8) is 0 Å². The molecule has 0 bridgehead atoms. The first kappa shape index (κ1) is 20.1. The summed E-state index contributed by atoms with van der Waals surface area (Å²) >= 11 is 0. The van der Waals surface area contributed by atoms with Crippen molar-refractivity contribution >= 4 is 34.2 Å². The summed E-state index contributed by atoms with van der Waals surface area (Å²) in [4.78, 5) is 14.6. The van der Waals surface area contributed by atoms with Crippen LogP contribution in [0.15, 0.2) is 40.8 Å². The number of carbonyl (C=O) groups excluding carboxylic acids is 1. The van der Waals surface area contributed by atoms with Gasteiger partial charge in [-0.3, -0.25) is 4.79 Å². The molecule has 0 radical (unpaired) electrons. The van der Waals surface area contributed by atoms with Crippen molar-refractivity contribution in [3.8, 4) is 17.2 Å². The summed E-state index contributed by atoms with van der Waals surface area (Å²) in [6.45, 7) is 1.65. The number of nitrogens with zero attached hydrogens (tertiary/aromatic N) is 2. The zero-order valence-corrected chi connectivity index (χ0v) is 17.2. The number of rotatable bonds is 4. The van der Waals surface area contributed by atoms with Crippen LogP contribution in [0.4, 0.5) is 5.69 Å². The molecule has 2 aliphatic heterocycles. The highest BCUT2D eigenvalue weighted by Gasteiger charge is 2.26. The number of carbonyl (C=O) groups is 1. The Bertz CT molecular complexity index is 1040. The third-order valence-electron chi connectivity index (χ3n) is 5.22. The predicted molar refractivity (Wildman–Crippen MR) is 119 cm³/mol. The number of nitrogens with one attached hydrogen (secondary N) is 1. The van der Waals surface area contributed by atoms with Crippen molar-refractivity contribution in [1.82, 2.24) is 4.90 Å². The fraction of sp³-hybridized carbons (Fsp3) is 0.286. The van der Waals surface area contributed by atoms with Gasteiger partial charge in [0.2, 0.25) is 0 Å². The molecule has 8 nitrogen and oxygen atoms in total. The second-order valence-corrected chi connectivity index (χ2v) is 8.51. The molecule has 2 aromatic carbocycles. The fourth-order valence-electron chi connectivity index (χ4n) is 3.75. The van der Waals surface area contributed by atoms with Crippen LogP contribution in [0.25, 0.3) is 0 Å². The molecule has 9 heteroatoms. The van der Waals surface area contributed by atoms with Crippen molar-refractivity contribution in [3.05, 3.63) is 47.5 Å². The number of amides is 1. The van der Waals surface area contributed by atoms with Crippen molar-refractivity contribution < 1.29 is 19.7 Å². The van der Waals surface area contributed by atoms with Gasteiger partial charge in [0.25, 0.3) is 5.91 Å². The number of anilines is 1. The Labute approximate surface area is 177 Å². The van der Waals surface area contributed by atoms with Crippen LogP contribution in [0.2, 0.25) is 0 Å². The highest BCUT2D eigenvalue weighted by Crippen LogP contribution is 2.34. The molecule has 0 spiro atoms. The molecule has 0 saturated carbocycles. The lowest BCUT2D eigenvalue weighted by Gasteiger charge is -2.33. The van der Waals surface area contributed by atoms with Gasteiger partial charge in [0.05, 0.1) is 17.9 Å². The summed E-state index contributed by atoms with van der Waals surface area (Å²) in [6, 6.07) is 9.80. The number of hydrogen-bond donors (Lipinski definition) is 4. The SMILES string of the molecule is C=S1N=C(N)c2c(cccc2OCC2CCCN(C(=O)c3ccc(O)c(O)c3)C2)N1. The van der Waals surface area contributed by atoms with Crippen LogP contribution in [0.1, 0.15) is 28.8 Å². The van der Waals surface area contributed by atoms with Crippen molar-refractivity contribution in [2.75, 3.05) is 24.4 Å². The lowest BCUT2D eigenvalue weighted by Crippen LogP contribution is -2.41. The molecular formula is C21H24N4O4S. The molecule has 2 aliphatic rings. The molecule has 2 atom stereocenters. The third kappa shape index (κ3) is 4.06. The quantitative estimate of drug-likeness (QED) is 0.439. The Morgan fingerprint density at radius 2 is 2.17 bits per heavy atom. The standard InChI is InChI=1S/C21H24N4O4S/c1-30-23-15-5-2-6-18(19(15)20(22)24-30)29-12-13-4-3-9-25(11-13)21(28)14-7-8-16(26)17(27)10-14/h2,5-8,10,13,23,26-27H,1,3-4,9,11-12H2,(H2,22,24). The topological polar surface area (TPSA) is 120 Å². The smallest absolute Gasteiger partial charge is 0.254 e. The van der Waals surface area contributed by atoms with Crippen molar-refractivity contribution in [2.45, 2.75) is 12.8 Å². The number of likely N-dealkylation sites (tertiary alicyclic amines) is 1. The maximum atomic E-state index is 12.8. The minimum atomic E-state index is -0.600. The zero-order chi connectivity index (χ0) is 21.3. The van der Waals surface area contributed by atoms with Gasteiger partial charge in [-0.05, 0) is 49.0 Å². The van der Waals surface area contributed by atoms with Crippen molar-refractivity contribution in [1.29, 1.82) is 0 Å². The Hall–Kier alpha value is -3.20. The first-order valence-electron chi connectivity index (χ1n) is 9.64. The van der Waals surface area contributed by atoms with E-state index in [-0.39, 0.29) is 23.3 Å². The summed E-state index contributed by atoms with van der Waals surface area (Å²) < 4.78 is 13.6. The molecule has 2 aromatic rings. The van der Waals surface area contributed by atoms with E-state index in [4.69, 9.17) is 10.5 Å². The third-order valence-corrected chi connectivity index (χ3v) is 6.09. The van der Waals surface area contributed by atoms with E-state index in [2.05, 4.69) is 15.0 Å². The molecule has 2 unspecified atom stereocenters. The van der Waals surface area contributed by atoms with Crippen LogP contribution in [-0.2, 0) is 0 Å². The second-order valence-electron chi connectivity index (χ2n) is 7.40. The first-order valence-corrected chi connectivity index (χ1v) is 11.0. The molecular weight excluding hydrogens is 404 g/mol. The van der Waals surface area contributed by atoms with E-state index in [1.807, 2.05) is 18.2 Å². The number of ether oxygens (including phenoxy) is 1. The van der Waals surface area contributed by atoms with Gasteiger partial charge in [-0.1, -0.05) is 6.07 Å². The molecule has 1 fully saturated rings. The number of phenols is 2. The minimum absolute atomic E-state index is 0.168. The van der Waals surface area contributed by atoms with Crippen LogP contribution in [0.5, 0.6) is 17.2 Å². The van der Waals surface area contributed by atoms with E-state index in [1.54, 1.807) is 4.90 Å². The highest BCUT2D eigenvalue weighted by molar-refractivity contribution is 8.14. The van der Waals surface area contributed by atoms with E-state index in [0.29, 0.717) is 36.8 Å². The van der Waals surface area contributed by atoms with Gasteiger partial charge < -0.3 is 30.3 Å². The van der Waals surface area contributed by atoms with E-state index < -0.39 is 10.9 Å². The van der Waals surface area contributed by atoms with E-state index in [9.17, 15) is 15.0 Å². The molecule has 0 aliphatic carbocycles. The Morgan fingerprint density at radius 1 is 1.33 bits per heavy atom. The van der Waals surface area contributed by atoms with Gasteiger partial charge in [0.1, 0.15) is 11.6 Å². The number of phenolic OH excluding ortho intramolecular Hbond substituents is 2. The number of benzene rings is 2. The average Bonchev–Trinajstić information content (AvgIpc) is 2.73. The molecule has 1 amide bonds. The first-order chi connectivity index (χ1) is 14.4. The lowest BCUT2D eigenvalue weighted by atomic mass is 9.98. The molecule has 2 heterocycles. The van der Waals surface area contributed by atoms with Crippen molar-refractivity contribution in [2.24, 2.45) is 16.0 Å². The van der Waals surface area contributed by atoms with Gasteiger partial charge in [-0.2, -0.15) is 4.40 Å². The Balaban J connectivity index is 1.43. The van der Waals surface area contributed by atoms with Gasteiger partial charge in [0, 0.05) is 35.4 Å². The van der Waals surface area contributed by atoms with Gasteiger partial charge in [-0.15, -0.1) is 0 Å². The number of aromatic hydroxyl groups is 2. The largest absolute Gasteiger partial charge is 0.504 e. The number of hydrogen-bond acceptors (Lipinski definition) is 7. The maximum Gasteiger partial charge on any atom is 0.254 e. The predicted octanol–water partition coefficient (Wildman–Crippen LogP) is 2.69. The number of nitrogens with two attached hydrogens (primary N) is 1. The van der Waals surface area contributed by atoms with Crippen LogP contribution < -0.4 is 15.2 Å². The van der Waals surface area contributed by atoms with Crippen LogP contribution >= 0.6 is 10.9 Å². The molecule has 0 aromatic heterocycles. The maximum absolute atomic E-state index is 12.8. The summed E-state index contributed by atoms with van der Waals surface area (Å²) in [5.41, 5.74) is 8.05. The average molecular weight is 429 g/mol. The van der Waals surface area contributed by atoms with Crippen LogP contribution in [-0.4, -0.2) is 52.4 Å².